The van der Waals surface area contributed by atoms with Gasteiger partial charge >= 0.3 is 5.97 Å². The van der Waals surface area contributed by atoms with Crippen LogP contribution < -0.4 is 0 Å². The standard InChI is InChI=1S/C18H24N2O2/c1-11(2)13-7-9-14(10-8-13)20-15(17(21)22)12(3)16(19-20)18(4,5)6/h7-11H,1-6H3,(H,21,22). The van der Waals surface area contributed by atoms with Crippen LogP contribution in [0.5, 0.6) is 0 Å². The first-order valence-electron chi connectivity index (χ1n) is 7.56. The lowest BCUT2D eigenvalue weighted by molar-refractivity contribution is 0.0686. The lowest BCUT2D eigenvalue weighted by Gasteiger charge is -2.16. The van der Waals surface area contributed by atoms with Crippen molar-refractivity contribution in [3.63, 3.8) is 0 Å². The van der Waals surface area contributed by atoms with Gasteiger partial charge in [-0.05, 0) is 30.5 Å². The Labute approximate surface area is 131 Å². The Hall–Kier alpha value is -2.10. The predicted molar refractivity (Wildman–Crippen MR) is 88.0 cm³/mol. The number of aromatic carboxylic acids is 1. The Kier molecular flexibility index (Phi) is 4.14. The molecule has 0 fully saturated rings. The fourth-order valence-electron chi connectivity index (χ4n) is 2.65. The fraction of sp³-hybridized carbons (Fsp3) is 0.444. The molecule has 0 saturated heterocycles. The van der Waals surface area contributed by atoms with E-state index in [1.165, 1.54) is 5.56 Å². The summed E-state index contributed by atoms with van der Waals surface area (Å²) in [7, 11) is 0. The fourth-order valence-corrected chi connectivity index (χ4v) is 2.65. The molecule has 0 spiro atoms. The molecule has 2 rings (SSSR count). The number of carbonyl (C=O) groups is 1. The summed E-state index contributed by atoms with van der Waals surface area (Å²) in [5.41, 5.74) is 3.59. The number of benzene rings is 1. The molecule has 1 heterocycles. The maximum absolute atomic E-state index is 11.7. The van der Waals surface area contributed by atoms with Crippen molar-refractivity contribution in [2.75, 3.05) is 0 Å². The van der Waals surface area contributed by atoms with Crippen molar-refractivity contribution < 1.29 is 9.90 Å². The minimum atomic E-state index is -0.951. The SMILES string of the molecule is Cc1c(C(C)(C)C)nn(-c2ccc(C(C)C)cc2)c1C(=O)O. The normalized spacial score (nSPS) is 12.0. The van der Waals surface area contributed by atoms with E-state index in [1.807, 2.05) is 52.0 Å². The summed E-state index contributed by atoms with van der Waals surface area (Å²) in [5.74, 6) is -0.508. The van der Waals surface area contributed by atoms with Gasteiger partial charge in [-0.1, -0.05) is 46.8 Å². The number of carboxylic acid groups (broad SMARTS) is 1. The van der Waals surface area contributed by atoms with Crippen LogP contribution in [-0.2, 0) is 5.41 Å². The van der Waals surface area contributed by atoms with Crippen LogP contribution in [0.25, 0.3) is 5.69 Å². The summed E-state index contributed by atoms with van der Waals surface area (Å²) >= 11 is 0. The zero-order valence-electron chi connectivity index (χ0n) is 14.1. The lowest BCUT2D eigenvalue weighted by atomic mass is 9.89. The van der Waals surface area contributed by atoms with Crippen molar-refractivity contribution in [2.24, 2.45) is 0 Å². The first-order chi connectivity index (χ1) is 10.1. The van der Waals surface area contributed by atoms with Crippen LogP contribution in [-0.4, -0.2) is 20.9 Å². The van der Waals surface area contributed by atoms with Gasteiger partial charge in [0.2, 0.25) is 0 Å². The van der Waals surface area contributed by atoms with E-state index in [0.29, 0.717) is 5.92 Å². The van der Waals surface area contributed by atoms with Crippen molar-refractivity contribution >= 4 is 5.97 Å². The first kappa shape index (κ1) is 16.3. The highest BCUT2D eigenvalue weighted by Gasteiger charge is 2.27. The number of carboxylic acids is 1. The zero-order valence-corrected chi connectivity index (χ0v) is 14.1. The second-order valence-electron chi connectivity index (χ2n) is 7.04. The Morgan fingerprint density at radius 1 is 1.18 bits per heavy atom. The third kappa shape index (κ3) is 2.91. The van der Waals surface area contributed by atoms with Gasteiger partial charge in [-0.25, -0.2) is 9.48 Å². The van der Waals surface area contributed by atoms with Gasteiger partial charge in [0.1, 0.15) is 0 Å². The van der Waals surface area contributed by atoms with Crippen LogP contribution in [0.3, 0.4) is 0 Å². The summed E-state index contributed by atoms with van der Waals surface area (Å²) in [5, 5.41) is 14.2. The average molecular weight is 300 g/mol. The van der Waals surface area contributed by atoms with E-state index in [-0.39, 0.29) is 11.1 Å². The summed E-state index contributed by atoms with van der Waals surface area (Å²) < 4.78 is 1.54. The summed E-state index contributed by atoms with van der Waals surface area (Å²) in [6, 6.07) is 7.92. The monoisotopic (exact) mass is 300 g/mol. The molecular weight excluding hydrogens is 276 g/mol. The molecule has 0 bridgehead atoms. The molecule has 0 aliphatic carbocycles. The molecule has 0 atom stereocenters. The molecule has 0 amide bonds. The second kappa shape index (κ2) is 5.59. The smallest absolute Gasteiger partial charge is 0.354 e. The minimum Gasteiger partial charge on any atom is -0.477 e. The van der Waals surface area contributed by atoms with Gasteiger partial charge in [0.25, 0.3) is 0 Å². The molecule has 4 heteroatoms. The van der Waals surface area contributed by atoms with Crippen LogP contribution in [0.1, 0.15) is 67.8 Å². The van der Waals surface area contributed by atoms with E-state index < -0.39 is 5.97 Å². The molecule has 1 aromatic heterocycles. The zero-order chi connectivity index (χ0) is 16.7. The molecule has 2 aromatic rings. The van der Waals surface area contributed by atoms with Crippen molar-refractivity contribution in [3.05, 3.63) is 46.8 Å². The molecule has 0 unspecified atom stereocenters. The topological polar surface area (TPSA) is 55.1 Å². The molecule has 22 heavy (non-hydrogen) atoms. The van der Waals surface area contributed by atoms with Crippen LogP contribution in [0.15, 0.2) is 24.3 Å². The number of hydrogen-bond donors (Lipinski definition) is 1. The van der Waals surface area contributed by atoms with Crippen LogP contribution >= 0.6 is 0 Å². The van der Waals surface area contributed by atoms with Gasteiger partial charge < -0.3 is 5.11 Å². The lowest BCUT2D eigenvalue weighted by Crippen LogP contribution is -2.14. The molecule has 0 radical (unpaired) electrons. The van der Waals surface area contributed by atoms with Crippen molar-refractivity contribution in [1.29, 1.82) is 0 Å². The van der Waals surface area contributed by atoms with E-state index >= 15 is 0 Å². The third-order valence-corrected chi connectivity index (χ3v) is 3.84. The Bertz CT molecular complexity index is 689. The quantitative estimate of drug-likeness (QED) is 0.919. The maximum Gasteiger partial charge on any atom is 0.354 e. The van der Waals surface area contributed by atoms with E-state index in [0.717, 1.165) is 16.9 Å². The minimum absolute atomic E-state index is 0.197. The van der Waals surface area contributed by atoms with Gasteiger partial charge in [0.05, 0.1) is 11.4 Å². The predicted octanol–water partition coefficient (Wildman–Crippen LogP) is 4.30. The van der Waals surface area contributed by atoms with Gasteiger partial charge in [-0.3, -0.25) is 0 Å². The number of aromatic nitrogens is 2. The van der Waals surface area contributed by atoms with Gasteiger partial charge in [0.15, 0.2) is 5.69 Å². The van der Waals surface area contributed by atoms with Gasteiger partial charge in [0, 0.05) is 11.0 Å². The largest absolute Gasteiger partial charge is 0.477 e. The Balaban J connectivity index is 2.61. The molecule has 0 saturated carbocycles. The van der Waals surface area contributed by atoms with Crippen LogP contribution in [0.2, 0.25) is 0 Å². The average Bonchev–Trinajstić information content (AvgIpc) is 2.76. The number of hydrogen-bond acceptors (Lipinski definition) is 2. The number of nitrogens with zero attached hydrogens (tertiary/aromatic N) is 2. The molecule has 4 nitrogen and oxygen atoms in total. The highest BCUT2D eigenvalue weighted by Crippen LogP contribution is 2.28. The highest BCUT2D eigenvalue weighted by atomic mass is 16.4. The van der Waals surface area contributed by atoms with Crippen molar-refractivity contribution in [1.82, 2.24) is 9.78 Å². The molecule has 0 aliphatic heterocycles. The molecule has 1 N–H and O–H groups in total. The molecular formula is C18H24N2O2. The third-order valence-electron chi connectivity index (χ3n) is 3.84. The summed E-state index contributed by atoms with van der Waals surface area (Å²) in [6.07, 6.45) is 0. The molecule has 0 aliphatic rings. The number of rotatable bonds is 3. The second-order valence-corrected chi connectivity index (χ2v) is 7.04. The molecule has 118 valence electrons. The Morgan fingerprint density at radius 2 is 1.73 bits per heavy atom. The van der Waals surface area contributed by atoms with Crippen molar-refractivity contribution in [3.8, 4) is 5.69 Å². The Morgan fingerprint density at radius 3 is 2.14 bits per heavy atom. The maximum atomic E-state index is 11.7. The van der Waals surface area contributed by atoms with Crippen LogP contribution in [0, 0.1) is 6.92 Å². The van der Waals surface area contributed by atoms with Gasteiger partial charge in [-0.2, -0.15) is 5.10 Å². The van der Waals surface area contributed by atoms with Crippen molar-refractivity contribution in [2.45, 2.75) is 52.9 Å². The van der Waals surface area contributed by atoms with E-state index in [2.05, 4.69) is 18.9 Å². The first-order valence-corrected chi connectivity index (χ1v) is 7.56. The van der Waals surface area contributed by atoms with Gasteiger partial charge in [-0.15, -0.1) is 0 Å². The van der Waals surface area contributed by atoms with E-state index in [9.17, 15) is 9.90 Å². The highest BCUT2D eigenvalue weighted by molar-refractivity contribution is 5.88. The summed E-state index contributed by atoms with van der Waals surface area (Å²) in [4.78, 5) is 11.7. The van der Waals surface area contributed by atoms with E-state index in [1.54, 1.807) is 4.68 Å². The molecule has 1 aromatic carbocycles. The van der Waals surface area contributed by atoms with E-state index in [4.69, 9.17) is 0 Å². The van der Waals surface area contributed by atoms with Crippen LogP contribution in [0.4, 0.5) is 0 Å². The summed E-state index contributed by atoms with van der Waals surface area (Å²) in [6.45, 7) is 12.2.